The first kappa shape index (κ1) is 28.1. The molecule has 0 unspecified atom stereocenters. The molecule has 0 saturated heterocycles. The van der Waals surface area contributed by atoms with Gasteiger partial charge in [0.15, 0.2) is 34.5 Å². The third kappa shape index (κ3) is 5.61. The number of rotatable bonds is 8. The van der Waals surface area contributed by atoms with Crippen LogP contribution in [0.5, 0.6) is 5.88 Å². The molecular weight excluding hydrogens is 545 g/mol. The summed E-state index contributed by atoms with van der Waals surface area (Å²) in [5, 5.41) is 17.1. The van der Waals surface area contributed by atoms with E-state index in [1.165, 1.54) is 6.92 Å². The number of H-pyrrole nitrogens is 1. The molecule has 3 rings (SSSR count). The van der Waals surface area contributed by atoms with Crippen LogP contribution in [0.25, 0.3) is 5.82 Å². The van der Waals surface area contributed by atoms with E-state index < -0.39 is 82.4 Å². The second-order valence-electron chi connectivity index (χ2n) is 7.43. The Kier molecular flexibility index (Phi) is 7.69. The van der Waals surface area contributed by atoms with Crippen LogP contribution < -0.4 is 10.4 Å². The second-order valence-corrected chi connectivity index (χ2v) is 7.78. The number of aromatic nitrogens is 6. The maximum atomic E-state index is 15.0. The number of hydrogen-bond acceptors (Lipinski definition) is 7. The van der Waals surface area contributed by atoms with E-state index in [-0.39, 0.29) is 12.4 Å². The van der Waals surface area contributed by atoms with Crippen molar-refractivity contribution in [1.82, 2.24) is 29.5 Å². The molecule has 2 N–H and O–H groups in total. The molecule has 0 bridgehead atoms. The summed E-state index contributed by atoms with van der Waals surface area (Å²) in [5.41, 5.74) is -4.32. The number of nitrogens with zero attached hydrogens (tertiary/aromatic N) is 5. The molecule has 0 radical (unpaired) electrons. The first-order valence-electron chi connectivity index (χ1n) is 10.2. The molecule has 0 aliphatic carbocycles. The highest BCUT2D eigenvalue weighted by molar-refractivity contribution is 6.30. The second kappa shape index (κ2) is 10.1. The normalized spacial score (nSPS) is 13.2. The Morgan fingerprint density at radius 1 is 1.27 bits per heavy atom. The van der Waals surface area contributed by atoms with Crippen LogP contribution in [-0.2, 0) is 25.7 Å². The number of ketones is 1. The van der Waals surface area contributed by atoms with Gasteiger partial charge in [-0.25, -0.2) is 9.18 Å². The van der Waals surface area contributed by atoms with Gasteiger partial charge in [0.2, 0.25) is 5.88 Å². The van der Waals surface area contributed by atoms with Crippen LogP contribution in [0.1, 0.15) is 41.3 Å². The van der Waals surface area contributed by atoms with Gasteiger partial charge in [0.1, 0.15) is 12.3 Å². The van der Waals surface area contributed by atoms with Crippen LogP contribution in [0, 0.1) is 5.82 Å². The van der Waals surface area contributed by atoms with E-state index in [9.17, 15) is 41.0 Å². The predicted molar refractivity (Wildman–Crippen MR) is 110 cm³/mol. The highest BCUT2D eigenvalue weighted by Crippen LogP contribution is 2.35. The minimum Gasteiger partial charge on any atom is -0.464 e. The van der Waals surface area contributed by atoms with E-state index in [2.05, 4.69) is 15.2 Å². The summed E-state index contributed by atoms with van der Waals surface area (Å²) in [6, 6.07) is 0.348. The fourth-order valence-electron chi connectivity index (χ4n) is 3.14. The van der Waals surface area contributed by atoms with Gasteiger partial charge in [-0.15, -0.1) is 5.10 Å². The Hall–Kier alpha value is -3.47. The Morgan fingerprint density at radius 3 is 2.43 bits per heavy atom. The molecule has 0 fully saturated rings. The Bertz CT molecular complexity index is 1380. The third-order valence-electron chi connectivity index (χ3n) is 5.01. The summed E-state index contributed by atoms with van der Waals surface area (Å²) in [5.74, 6) is -5.14. The van der Waals surface area contributed by atoms with E-state index in [1.54, 1.807) is 5.10 Å². The molecule has 0 aliphatic heterocycles. The first-order valence-corrected chi connectivity index (χ1v) is 10.5. The molecule has 202 valence electrons. The van der Waals surface area contributed by atoms with Crippen molar-refractivity contribution in [3.05, 3.63) is 50.2 Å². The van der Waals surface area contributed by atoms with Gasteiger partial charge >= 0.3 is 18.0 Å². The van der Waals surface area contributed by atoms with Gasteiger partial charge in [-0.2, -0.15) is 41.1 Å². The van der Waals surface area contributed by atoms with E-state index >= 15 is 4.39 Å². The van der Waals surface area contributed by atoms with Gasteiger partial charge < -0.3 is 9.84 Å². The van der Waals surface area contributed by atoms with Gasteiger partial charge in [-0.3, -0.25) is 14.5 Å². The van der Waals surface area contributed by atoms with Crippen molar-refractivity contribution in [2.24, 2.45) is 0 Å². The summed E-state index contributed by atoms with van der Waals surface area (Å²) in [7, 11) is 0. The Labute approximate surface area is 206 Å². The van der Waals surface area contributed by atoms with Gasteiger partial charge in [-0.05, 0) is 19.9 Å². The zero-order valence-corrected chi connectivity index (χ0v) is 19.5. The number of aromatic amines is 1. The molecule has 3 aromatic heterocycles. The van der Waals surface area contributed by atoms with Gasteiger partial charge in [0, 0.05) is 18.5 Å². The van der Waals surface area contributed by atoms with Crippen molar-refractivity contribution in [1.29, 1.82) is 0 Å². The molecule has 0 spiro atoms. The van der Waals surface area contributed by atoms with Crippen LogP contribution in [0.15, 0.2) is 10.9 Å². The molecule has 0 saturated carbocycles. The number of ether oxygens (including phenoxy) is 1. The number of carbonyl (C=O) groups excluding carboxylic acids is 1. The van der Waals surface area contributed by atoms with Crippen LogP contribution in [0.2, 0.25) is 5.15 Å². The smallest absolute Gasteiger partial charge is 0.433 e. The van der Waals surface area contributed by atoms with Crippen LogP contribution >= 0.6 is 11.6 Å². The zero-order valence-electron chi connectivity index (χ0n) is 18.7. The quantitative estimate of drug-likeness (QED) is 0.320. The predicted octanol–water partition coefficient (Wildman–Crippen LogP) is 3.23. The largest absolute Gasteiger partial charge is 0.464 e. The van der Waals surface area contributed by atoms with Crippen molar-refractivity contribution < 1.29 is 45.4 Å². The lowest BCUT2D eigenvalue weighted by Gasteiger charge is -2.19. The van der Waals surface area contributed by atoms with E-state index in [0.717, 1.165) is 4.57 Å². The average Bonchev–Trinajstić information content (AvgIpc) is 3.32. The van der Waals surface area contributed by atoms with Gasteiger partial charge in [0.05, 0.1) is 5.56 Å². The van der Waals surface area contributed by atoms with Crippen LogP contribution in [0.4, 0.5) is 30.7 Å². The van der Waals surface area contributed by atoms with Crippen molar-refractivity contribution in [3.8, 4) is 11.7 Å². The lowest BCUT2D eigenvalue weighted by Crippen LogP contribution is -2.32. The number of aliphatic hydroxyl groups excluding tert-OH is 1. The Morgan fingerprint density at radius 2 is 1.92 bits per heavy atom. The fourth-order valence-corrected chi connectivity index (χ4v) is 3.34. The molecule has 10 nitrogen and oxygen atoms in total. The lowest BCUT2D eigenvalue weighted by atomic mass is 10.0. The van der Waals surface area contributed by atoms with Crippen molar-refractivity contribution in [2.75, 3.05) is 0 Å². The average molecular weight is 561 g/mol. The summed E-state index contributed by atoms with van der Waals surface area (Å²) < 4.78 is 100. The van der Waals surface area contributed by atoms with Crippen molar-refractivity contribution in [2.45, 2.75) is 51.9 Å². The van der Waals surface area contributed by atoms with Crippen LogP contribution in [0.3, 0.4) is 0 Å². The summed E-state index contributed by atoms with van der Waals surface area (Å²) in [6.45, 7) is 1.26. The number of pyridine rings is 1. The van der Waals surface area contributed by atoms with E-state index in [0.29, 0.717) is 17.7 Å². The number of halogens is 8. The molecule has 3 aromatic rings. The molecule has 0 amide bonds. The maximum absolute atomic E-state index is 15.0. The molecule has 37 heavy (non-hydrogen) atoms. The number of carbonyl (C=O) groups is 1. The minimum atomic E-state index is -5.02. The molecule has 1 atom stereocenters. The lowest BCUT2D eigenvalue weighted by molar-refractivity contribution is -0.190. The first-order chi connectivity index (χ1) is 17.1. The Balaban J connectivity index is 2.16. The highest BCUT2D eigenvalue weighted by atomic mass is 35.5. The third-order valence-corrected chi connectivity index (χ3v) is 5.32. The van der Waals surface area contributed by atoms with Gasteiger partial charge in [-0.1, -0.05) is 11.6 Å². The highest BCUT2D eigenvalue weighted by Gasteiger charge is 2.40. The summed E-state index contributed by atoms with van der Waals surface area (Å²) in [6.07, 6.45) is -13.8. The molecular formula is C19H16ClF7N6O4. The monoisotopic (exact) mass is 560 g/mol. The SMILES string of the molecule is CCn1c(CO)nn(-c2nc(O[C@@H](C)C(F)(F)F)c(C(=O)Cc3c(Cl)n[nH]c3C(F)(F)F)cc2F)c1=O. The fraction of sp³-hybridized carbons (Fsp3) is 0.421. The van der Waals surface area contributed by atoms with E-state index in [1.807, 2.05) is 0 Å². The topological polar surface area (TPSA) is 128 Å². The number of aliphatic hydroxyl groups is 1. The van der Waals surface area contributed by atoms with Crippen LogP contribution in [-0.4, -0.2) is 52.7 Å². The summed E-state index contributed by atoms with van der Waals surface area (Å²) in [4.78, 5) is 28.9. The maximum Gasteiger partial charge on any atom is 0.433 e. The molecule has 0 aromatic carbocycles. The molecule has 18 heteroatoms. The van der Waals surface area contributed by atoms with E-state index in [4.69, 9.17) is 16.3 Å². The number of nitrogens with one attached hydrogen (secondary N) is 1. The number of alkyl halides is 6. The molecule has 3 heterocycles. The van der Waals surface area contributed by atoms with Crippen molar-refractivity contribution in [3.63, 3.8) is 0 Å². The van der Waals surface area contributed by atoms with Gasteiger partial charge in [0.25, 0.3) is 0 Å². The summed E-state index contributed by atoms with van der Waals surface area (Å²) >= 11 is 5.63. The number of hydrogen-bond donors (Lipinski definition) is 2. The van der Waals surface area contributed by atoms with Crippen molar-refractivity contribution >= 4 is 17.4 Å². The number of Topliss-reactive ketones (excluding diaryl/α,β-unsaturated/α-hetero) is 1. The molecule has 0 aliphatic rings. The standard InChI is InChI=1S/C19H16ClF7N6O4/c1-3-32-12(6-34)31-33(17(32)36)15-10(21)4-8(16(28-15)37-7(2)18(22,23)24)11(35)5-9-13(19(25,26)27)29-30-14(9)20/h4,7,34H,3,5-6H2,1-2H3,(H,29,30)/t7-/m0/s1. The zero-order chi connectivity index (χ0) is 27.9. The minimum absolute atomic E-state index is 0.0195.